The second-order valence-corrected chi connectivity index (χ2v) is 3.85. The van der Waals surface area contributed by atoms with E-state index in [2.05, 4.69) is 10.6 Å². The first-order chi connectivity index (χ1) is 7.75. The molecule has 1 saturated heterocycles. The maximum Gasteiger partial charge on any atom is 0.244 e. The van der Waals surface area contributed by atoms with E-state index in [1.165, 1.54) is 0 Å². The Kier molecular flexibility index (Phi) is 3.19. The van der Waals surface area contributed by atoms with Gasteiger partial charge in [0.25, 0.3) is 0 Å². The minimum absolute atomic E-state index is 0.0660. The fourth-order valence-corrected chi connectivity index (χ4v) is 1.57. The molecule has 1 heterocycles. The van der Waals surface area contributed by atoms with Gasteiger partial charge in [0.2, 0.25) is 11.8 Å². The van der Waals surface area contributed by atoms with Gasteiger partial charge >= 0.3 is 0 Å². The van der Waals surface area contributed by atoms with E-state index in [4.69, 9.17) is 0 Å². The van der Waals surface area contributed by atoms with Crippen LogP contribution in [0.4, 0.5) is 0 Å². The third-order valence-electron chi connectivity index (χ3n) is 2.62. The molecular formula is C12H14N2O2. The van der Waals surface area contributed by atoms with Crippen LogP contribution < -0.4 is 10.6 Å². The lowest BCUT2D eigenvalue weighted by Crippen LogP contribution is -2.61. The van der Waals surface area contributed by atoms with E-state index in [0.29, 0.717) is 19.4 Å². The van der Waals surface area contributed by atoms with Crippen molar-refractivity contribution in [1.29, 1.82) is 0 Å². The molecule has 1 aromatic rings. The van der Waals surface area contributed by atoms with Crippen molar-refractivity contribution in [2.24, 2.45) is 0 Å². The topological polar surface area (TPSA) is 58.2 Å². The van der Waals surface area contributed by atoms with Gasteiger partial charge in [-0.3, -0.25) is 9.59 Å². The lowest BCUT2D eigenvalue weighted by atomic mass is 10.1. The lowest BCUT2D eigenvalue weighted by molar-refractivity contribution is -0.133. The summed E-state index contributed by atoms with van der Waals surface area (Å²) in [6.07, 6.45) is 1.13. The van der Waals surface area contributed by atoms with E-state index in [9.17, 15) is 9.59 Å². The SMILES string of the molecule is O=C(CCc1ccccc1)NC1CNC1=O. The summed E-state index contributed by atoms with van der Waals surface area (Å²) in [6, 6.07) is 9.51. The highest BCUT2D eigenvalue weighted by Crippen LogP contribution is 2.03. The smallest absolute Gasteiger partial charge is 0.244 e. The van der Waals surface area contributed by atoms with Gasteiger partial charge in [0.15, 0.2) is 0 Å². The van der Waals surface area contributed by atoms with E-state index < -0.39 is 0 Å². The van der Waals surface area contributed by atoms with Crippen molar-refractivity contribution >= 4 is 11.8 Å². The van der Waals surface area contributed by atoms with Crippen LogP contribution in [-0.2, 0) is 16.0 Å². The Labute approximate surface area is 94.0 Å². The maximum atomic E-state index is 11.5. The van der Waals surface area contributed by atoms with Crippen LogP contribution >= 0.6 is 0 Å². The van der Waals surface area contributed by atoms with Crippen molar-refractivity contribution in [2.75, 3.05) is 6.54 Å². The molecule has 4 nitrogen and oxygen atoms in total. The Balaban J connectivity index is 1.74. The first-order valence-electron chi connectivity index (χ1n) is 5.37. The monoisotopic (exact) mass is 218 g/mol. The third kappa shape index (κ3) is 2.59. The minimum Gasteiger partial charge on any atom is -0.352 e. The Hall–Kier alpha value is -1.84. The number of rotatable bonds is 4. The summed E-state index contributed by atoms with van der Waals surface area (Å²) in [5, 5.41) is 5.27. The largest absolute Gasteiger partial charge is 0.352 e. The molecule has 0 spiro atoms. The average Bonchev–Trinajstić information content (AvgIpc) is 2.33. The van der Waals surface area contributed by atoms with E-state index in [0.717, 1.165) is 5.56 Å². The predicted molar refractivity (Wildman–Crippen MR) is 59.7 cm³/mol. The van der Waals surface area contributed by atoms with Gasteiger partial charge < -0.3 is 10.6 Å². The van der Waals surface area contributed by atoms with Crippen LogP contribution in [0, 0.1) is 0 Å². The van der Waals surface area contributed by atoms with Gasteiger partial charge in [-0.25, -0.2) is 0 Å². The zero-order valence-corrected chi connectivity index (χ0v) is 8.90. The predicted octanol–water partition coefficient (Wildman–Crippen LogP) is 0.234. The molecule has 16 heavy (non-hydrogen) atoms. The minimum atomic E-state index is -0.316. The molecule has 1 aliphatic heterocycles. The van der Waals surface area contributed by atoms with Crippen LogP contribution in [0.15, 0.2) is 30.3 Å². The van der Waals surface area contributed by atoms with Gasteiger partial charge in [0, 0.05) is 13.0 Å². The second-order valence-electron chi connectivity index (χ2n) is 3.85. The number of hydrogen-bond acceptors (Lipinski definition) is 2. The van der Waals surface area contributed by atoms with Crippen LogP contribution in [0.25, 0.3) is 0 Å². The molecule has 1 atom stereocenters. The fourth-order valence-electron chi connectivity index (χ4n) is 1.57. The maximum absolute atomic E-state index is 11.5. The second kappa shape index (κ2) is 4.79. The van der Waals surface area contributed by atoms with Gasteiger partial charge in [-0.15, -0.1) is 0 Å². The quantitative estimate of drug-likeness (QED) is 0.711. The molecule has 0 aliphatic carbocycles. The van der Waals surface area contributed by atoms with Gasteiger partial charge in [0.1, 0.15) is 6.04 Å². The van der Waals surface area contributed by atoms with Crippen molar-refractivity contribution in [3.63, 3.8) is 0 Å². The zero-order valence-electron chi connectivity index (χ0n) is 8.90. The van der Waals surface area contributed by atoms with E-state index in [1.807, 2.05) is 30.3 Å². The molecule has 1 fully saturated rings. The molecule has 0 bridgehead atoms. The Bertz CT molecular complexity index is 389. The number of aryl methyl sites for hydroxylation is 1. The van der Waals surface area contributed by atoms with Crippen LogP contribution in [-0.4, -0.2) is 24.4 Å². The highest BCUT2D eigenvalue weighted by Gasteiger charge is 2.28. The number of β-lactam (4-membered cyclic amide) rings is 1. The number of carbonyl (C=O) groups is 2. The summed E-state index contributed by atoms with van der Waals surface area (Å²) in [6.45, 7) is 0.551. The summed E-state index contributed by atoms with van der Waals surface area (Å²) in [5.74, 6) is -0.156. The highest BCUT2D eigenvalue weighted by molar-refractivity contribution is 5.92. The van der Waals surface area contributed by atoms with Crippen molar-refractivity contribution in [3.8, 4) is 0 Å². The first kappa shape index (κ1) is 10.7. The van der Waals surface area contributed by atoms with Crippen LogP contribution in [0.3, 0.4) is 0 Å². The van der Waals surface area contributed by atoms with Crippen molar-refractivity contribution in [3.05, 3.63) is 35.9 Å². The molecule has 2 rings (SSSR count). The van der Waals surface area contributed by atoms with E-state index in [-0.39, 0.29) is 17.9 Å². The first-order valence-corrected chi connectivity index (χ1v) is 5.37. The number of amides is 2. The molecule has 2 amide bonds. The number of nitrogens with one attached hydrogen (secondary N) is 2. The van der Waals surface area contributed by atoms with E-state index >= 15 is 0 Å². The molecule has 0 saturated carbocycles. The van der Waals surface area contributed by atoms with Gasteiger partial charge in [-0.2, -0.15) is 0 Å². The van der Waals surface area contributed by atoms with Gasteiger partial charge in [0.05, 0.1) is 0 Å². The van der Waals surface area contributed by atoms with Gasteiger partial charge in [-0.05, 0) is 12.0 Å². The molecule has 2 N–H and O–H groups in total. The third-order valence-corrected chi connectivity index (χ3v) is 2.62. The van der Waals surface area contributed by atoms with Crippen molar-refractivity contribution in [1.82, 2.24) is 10.6 Å². The average molecular weight is 218 g/mol. The van der Waals surface area contributed by atoms with Crippen molar-refractivity contribution < 1.29 is 9.59 Å². The summed E-state index contributed by atoms with van der Waals surface area (Å²) >= 11 is 0. The Morgan fingerprint density at radius 2 is 2.12 bits per heavy atom. The summed E-state index contributed by atoms with van der Waals surface area (Å²) < 4.78 is 0. The van der Waals surface area contributed by atoms with Crippen molar-refractivity contribution in [2.45, 2.75) is 18.9 Å². The van der Waals surface area contributed by atoms with Crippen LogP contribution in [0.1, 0.15) is 12.0 Å². The van der Waals surface area contributed by atoms with Crippen LogP contribution in [0.2, 0.25) is 0 Å². The molecule has 1 aliphatic rings. The zero-order chi connectivity index (χ0) is 11.4. The summed E-state index contributed by atoms with van der Waals surface area (Å²) in [7, 11) is 0. The standard InChI is InChI=1S/C12H14N2O2/c15-11(14-10-8-13-12(10)16)7-6-9-4-2-1-3-5-9/h1-5,10H,6-8H2,(H,13,16)(H,14,15). The molecule has 4 heteroatoms. The number of hydrogen-bond donors (Lipinski definition) is 2. The molecule has 1 unspecified atom stereocenters. The summed E-state index contributed by atoms with van der Waals surface area (Å²) in [4.78, 5) is 22.4. The van der Waals surface area contributed by atoms with E-state index in [1.54, 1.807) is 0 Å². The Morgan fingerprint density at radius 3 is 2.69 bits per heavy atom. The Morgan fingerprint density at radius 1 is 1.38 bits per heavy atom. The lowest BCUT2D eigenvalue weighted by Gasteiger charge is -2.26. The molecule has 84 valence electrons. The fraction of sp³-hybridized carbons (Fsp3) is 0.333. The van der Waals surface area contributed by atoms with Gasteiger partial charge in [-0.1, -0.05) is 30.3 Å². The normalized spacial score (nSPS) is 18.5. The number of benzene rings is 1. The molecule has 0 radical (unpaired) electrons. The highest BCUT2D eigenvalue weighted by atomic mass is 16.2. The number of carbonyl (C=O) groups excluding carboxylic acids is 2. The molecular weight excluding hydrogens is 204 g/mol. The molecule has 1 aromatic carbocycles. The molecule has 0 aromatic heterocycles. The van der Waals surface area contributed by atoms with Crippen LogP contribution in [0.5, 0.6) is 0 Å². The summed E-state index contributed by atoms with van der Waals surface area (Å²) in [5.41, 5.74) is 1.13.